The third kappa shape index (κ3) is 4.20. The average molecular weight is 419 g/mol. The van der Waals surface area contributed by atoms with Gasteiger partial charge < -0.3 is 9.64 Å². The second-order valence-corrected chi connectivity index (χ2v) is 8.80. The average Bonchev–Trinajstić information content (AvgIpc) is 2.98. The summed E-state index contributed by atoms with van der Waals surface area (Å²) in [6.45, 7) is 4.63. The topological polar surface area (TPSA) is 84.7 Å². The normalized spacial score (nSPS) is 15.8. The van der Waals surface area contributed by atoms with Crippen molar-refractivity contribution in [2.24, 2.45) is 7.05 Å². The number of sulfonamides is 1. The molecule has 0 saturated carbocycles. The number of hydrogen-bond donors (Lipinski definition) is 0. The number of benzene rings is 1. The van der Waals surface area contributed by atoms with E-state index in [1.165, 1.54) is 10.4 Å². The quantitative estimate of drug-likeness (QED) is 0.689. The molecule has 29 heavy (non-hydrogen) atoms. The predicted molar refractivity (Wildman–Crippen MR) is 110 cm³/mol. The number of methoxy groups -OCH3 is 1. The van der Waals surface area contributed by atoms with Gasteiger partial charge in [-0.15, -0.1) is 0 Å². The van der Waals surface area contributed by atoms with Crippen molar-refractivity contribution in [1.29, 1.82) is 0 Å². The number of ether oxygens (including phenoxy) is 1. The molecule has 1 fully saturated rings. The number of nitrogens with zero attached hydrogens (tertiary/aromatic N) is 4. The fourth-order valence-electron chi connectivity index (χ4n) is 3.48. The molecule has 8 nitrogen and oxygen atoms in total. The largest absolute Gasteiger partial charge is 0.496 e. The highest BCUT2D eigenvalue weighted by Crippen LogP contribution is 2.24. The fraction of sp³-hybridized carbons (Fsp3) is 0.400. The van der Waals surface area contributed by atoms with Gasteiger partial charge in [0.15, 0.2) is 0 Å². The van der Waals surface area contributed by atoms with E-state index >= 15 is 0 Å². The molecular formula is C20H26N4O4S. The first kappa shape index (κ1) is 21.1. The number of para-hydroxylation sites is 1. The standard InChI is InChI=1S/C20H26N4O4S/c1-15-20(16(2)22(3)21-15)29(26,27)24-13-11-23(12-14-24)19(25)10-9-17-7-5-6-8-18(17)28-4/h5-10H,11-14H2,1-4H3. The van der Waals surface area contributed by atoms with Gasteiger partial charge in [0.05, 0.1) is 18.5 Å². The third-order valence-corrected chi connectivity index (χ3v) is 7.29. The van der Waals surface area contributed by atoms with Crippen molar-refractivity contribution in [3.63, 3.8) is 0 Å². The van der Waals surface area contributed by atoms with Crippen molar-refractivity contribution < 1.29 is 17.9 Å². The van der Waals surface area contributed by atoms with E-state index in [2.05, 4.69) is 5.10 Å². The van der Waals surface area contributed by atoms with Crippen molar-refractivity contribution >= 4 is 22.0 Å². The van der Waals surface area contributed by atoms with Crippen LogP contribution in [-0.2, 0) is 21.9 Å². The number of amides is 1. The summed E-state index contributed by atoms with van der Waals surface area (Å²) in [4.78, 5) is 14.4. The number of carbonyl (C=O) groups is 1. The minimum atomic E-state index is -3.64. The van der Waals surface area contributed by atoms with Crippen molar-refractivity contribution in [2.75, 3.05) is 33.3 Å². The van der Waals surface area contributed by atoms with Crippen molar-refractivity contribution in [3.05, 3.63) is 47.3 Å². The summed E-state index contributed by atoms with van der Waals surface area (Å²) in [5, 5.41) is 4.21. The molecule has 1 aromatic heterocycles. The van der Waals surface area contributed by atoms with E-state index in [1.807, 2.05) is 24.3 Å². The smallest absolute Gasteiger partial charge is 0.246 e. The van der Waals surface area contributed by atoms with Gasteiger partial charge in [-0.2, -0.15) is 9.40 Å². The molecule has 2 aromatic rings. The number of carbonyl (C=O) groups excluding carboxylic acids is 1. The molecule has 9 heteroatoms. The predicted octanol–water partition coefficient (Wildman–Crippen LogP) is 1.59. The number of rotatable bonds is 5. The Hall–Kier alpha value is -2.65. The molecular weight excluding hydrogens is 392 g/mol. The maximum absolute atomic E-state index is 13.0. The molecule has 1 aromatic carbocycles. The Balaban J connectivity index is 1.67. The summed E-state index contributed by atoms with van der Waals surface area (Å²) in [5.74, 6) is 0.538. The van der Waals surface area contributed by atoms with Gasteiger partial charge in [0.25, 0.3) is 0 Å². The van der Waals surface area contributed by atoms with Gasteiger partial charge in [-0.3, -0.25) is 9.48 Å². The Labute approximate surface area is 171 Å². The SMILES string of the molecule is COc1ccccc1C=CC(=O)N1CCN(S(=O)(=O)c2c(C)nn(C)c2C)CC1. The first-order chi connectivity index (χ1) is 13.8. The van der Waals surface area contributed by atoms with Crippen molar-refractivity contribution in [2.45, 2.75) is 18.7 Å². The van der Waals surface area contributed by atoms with Crippen LogP contribution in [0.1, 0.15) is 17.0 Å². The highest BCUT2D eigenvalue weighted by atomic mass is 32.2. The Morgan fingerprint density at radius 1 is 1.14 bits per heavy atom. The van der Waals surface area contributed by atoms with Gasteiger partial charge >= 0.3 is 0 Å². The highest BCUT2D eigenvalue weighted by Gasteiger charge is 2.33. The number of aromatic nitrogens is 2. The molecule has 1 aliphatic rings. The van der Waals surface area contributed by atoms with E-state index in [9.17, 15) is 13.2 Å². The summed E-state index contributed by atoms with van der Waals surface area (Å²) >= 11 is 0. The van der Waals surface area contributed by atoms with Crippen LogP contribution in [0.4, 0.5) is 0 Å². The first-order valence-corrected chi connectivity index (χ1v) is 10.8. The van der Waals surface area contributed by atoms with E-state index in [4.69, 9.17) is 4.74 Å². The van der Waals surface area contributed by atoms with Crippen LogP contribution in [0, 0.1) is 13.8 Å². The summed E-state index contributed by atoms with van der Waals surface area (Å²) in [6.07, 6.45) is 3.21. The molecule has 0 bridgehead atoms. The Kier molecular flexibility index (Phi) is 6.09. The molecule has 1 amide bonds. The van der Waals surface area contributed by atoms with Crippen LogP contribution in [0.15, 0.2) is 35.2 Å². The summed E-state index contributed by atoms with van der Waals surface area (Å²) in [7, 11) is -0.327. The lowest BCUT2D eigenvalue weighted by molar-refractivity contribution is -0.127. The number of hydrogen-bond acceptors (Lipinski definition) is 5. The zero-order chi connectivity index (χ0) is 21.2. The molecule has 0 radical (unpaired) electrons. The first-order valence-electron chi connectivity index (χ1n) is 9.36. The van der Waals surface area contributed by atoms with Gasteiger partial charge in [-0.05, 0) is 26.0 Å². The van der Waals surface area contributed by atoms with Crippen molar-refractivity contribution in [1.82, 2.24) is 19.0 Å². The van der Waals surface area contributed by atoms with Gasteiger partial charge in [0, 0.05) is 44.9 Å². The van der Waals surface area contributed by atoms with Crippen LogP contribution >= 0.6 is 0 Å². The molecule has 1 aliphatic heterocycles. The van der Waals surface area contributed by atoms with Gasteiger partial charge in [0.1, 0.15) is 10.6 Å². The van der Waals surface area contributed by atoms with Gasteiger partial charge in [0.2, 0.25) is 15.9 Å². The number of aryl methyl sites for hydroxylation is 2. The Morgan fingerprint density at radius 2 is 1.79 bits per heavy atom. The lowest BCUT2D eigenvalue weighted by Crippen LogP contribution is -2.50. The number of piperazine rings is 1. The molecule has 2 heterocycles. The van der Waals surface area contributed by atoms with E-state index in [-0.39, 0.29) is 23.9 Å². The van der Waals surface area contributed by atoms with E-state index in [1.54, 1.807) is 43.7 Å². The van der Waals surface area contributed by atoms with Crippen molar-refractivity contribution in [3.8, 4) is 5.75 Å². The van der Waals surface area contributed by atoms with Crippen LogP contribution in [0.2, 0.25) is 0 Å². The summed E-state index contributed by atoms with van der Waals surface area (Å²) in [6, 6.07) is 7.43. The molecule has 0 aliphatic carbocycles. The van der Waals surface area contributed by atoms with Crippen LogP contribution in [0.5, 0.6) is 5.75 Å². The Morgan fingerprint density at radius 3 is 2.38 bits per heavy atom. The van der Waals surface area contributed by atoms with Crippen LogP contribution < -0.4 is 4.74 Å². The lowest BCUT2D eigenvalue weighted by Gasteiger charge is -2.33. The molecule has 0 spiro atoms. The maximum atomic E-state index is 13.0. The summed E-state index contributed by atoms with van der Waals surface area (Å²) in [5.41, 5.74) is 1.91. The van der Waals surface area contributed by atoms with Gasteiger partial charge in [-0.25, -0.2) is 8.42 Å². The zero-order valence-corrected chi connectivity index (χ0v) is 17.9. The van der Waals surface area contributed by atoms with E-state index in [0.717, 1.165) is 5.56 Å². The van der Waals surface area contributed by atoms with Crippen LogP contribution in [-0.4, -0.2) is 66.6 Å². The molecule has 156 valence electrons. The molecule has 0 unspecified atom stereocenters. The second-order valence-electron chi connectivity index (χ2n) is 6.93. The zero-order valence-electron chi connectivity index (χ0n) is 17.1. The van der Waals surface area contributed by atoms with Crippen LogP contribution in [0.3, 0.4) is 0 Å². The second kappa shape index (κ2) is 8.38. The monoisotopic (exact) mass is 418 g/mol. The van der Waals surface area contributed by atoms with E-state index in [0.29, 0.717) is 30.2 Å². The van der Waals surface area contributed by atoms with E-state index < -0.39 is 10.0 Å². The van der Waals surface area contributed by atoms with Crippen LogP contribution in [0.25, 0.3) is 6.08 Å². The molecule has 1 saturated heterocycles. The fourth-order valence-corrected chi connectivity index (χ4v) is 5.30. The molecule has 3 rings (SSSR count). The molecule has 0 N–H and O–H groups in total. The third-order valence-electron chi connectivity index (χ3n) is 5.14. The lowest BCUT2D eigenvalue weighted by atomic mass is 10.2. The van der Waals surface area contributed by atoms with Gasteiger partial charge in [-0.1, -0.05) is 18.2 Å². The minimum absolute atomic E-state index is 0.151. The highest BCUT2D eigenvalue weighted by molar-refractivity contribution is 7.89. The maximum Gasteiger partial charge on any atom is 0.246 e. The molecule has 0 atom stereocenters. The minimum Gasteiger partial charge on any atom is -0.496 e. The Bertz CT molecular complexity index is 1030. The summed E-state index contributed by atoms with van der Waals surface area (Å²) < 4.78 is 34.4.